The van der Waals surface area contributed by atoms with Crippen LogP contribution in [0.25, 0.3) is 11.0 Å². The minimum absolute atomic E-state index is 0.904. The number of benzene rings is 1. The number of anilines is 2. The second-order valence-corrected chi connectivity index (χ2v) is 3.59. The fraction of sp³-hybridized carbons (Fsp3) is 0. The highest BCUT2D eigenvalue weighted by Crippen LogP contribution is 2.24. The van der Waals surface area contributed by atoms with Crippen molar-refractivity contribution in [1.82, 2.24) is 9.97 Å². The Hall–Kier alpha value is -2.29. The summed E-state index contributed by atoms with van der Waals surface area (Å²) in [5.74, 6) is 0. The zero-order valence-corrected chi connectivity index (χ0v) is 8.64. The van der Waals surface area contributed by atoms with E-state index in [0.717, 1.165) is 22.4 Å². The van der Waals surface area contributed by atoms with Crippen LogP contribution in [-0.4, -0.2) is 9.97 Å². The number of aromatic amines is 1. The van der Waals surface area contributed by atoms with Gasteiger partial charge in [-0.2, -0.15) is 0 Å². The molecule has 78 valence electrons. The van der Waals surface area contributed by atoms with E-state index >= 15 is 0 Å². The van der Waals surface area contributed by atoms with E-state index in [4.69, 9.17) is 0 Å². The standard InChI is InChI=1S/C13H11N3/c1-2-5-10(6-3-1)16-12-9-15-13-11(12)7-4-8-14-13/h1-9,16H,(H,14,15). The van der Waals surface area contributed by atoms with Crippen molar-refractivity contribution in [3.8, 4) is 0 Å². The highest BCUT2D eigenvalue weighted by molar-refractivity contribution is 5.91. The maximum Gasteiger partial charge on any atom is 0.139 e. The largest absolute Gasteiger partial charge is 0.354 e. The van der Waals surface area contributed by atoms with Gasteiger partial charge in [0, 0.05) is 23.5 Å². The molecule has 0 saturated carbocycles. The van der Waals surface area contributed by atoms with E-state index in [-0.39, 0.29) is 0 Å². The van der Waals surface area contributed by atoms with Crippen LogP contribution < -0.4 is 5.32 Å². The van der Waals surface area contributed by atoms with E-state index in [1.807, 2.05) is 48.7 Å². The van der Waals surface area contributed by atoms with Crippen LogP contribution in [0.2, 0.25) is 0 Å². The number of pyridine rings is 1. The van der Waals surface area contributed by atoms with Crippen LogP contribution in [-0.2, 0) is 0 Å². The molecule has 0 aliphatic rings. The molecule has 0 unspecified atom stereocenters. The number of H-pyrrole nitrogens is 1. The fourth-order valence-electron chi connectivity index (χ4n) is 1.74. The normalized spacial score (nSPS) is 10.5. The molecule has 0 amide bonds. The SMILES string of the molecule is c1ccc(Nc2c[nH]c3ncccc23)cc1. The van der Waals surface area contributed by atoms with Gasteiger partial charge in [0.25, 0.3) is 0 Å². The van der Waals surface area contributed by atoms with E-state index in [1.165, 1.54) is 0 Å². The lowest BCUT2D eigenvalue weighted by Gasteiger charge is -2.03. The molecule has 16 heavy (non-hydrogen) atoms. The molecular weight excluding hydrogens is 198 g/mol. The monoisotopic (exact) mass is 209 g/mol. The molecule has 0 saturated heterocycles. The maximum atomic E-state index is 4.25. The summed E-state index contributed by atoms with van der Waals surface area (Å²) in [4.78, 5) is 7.38. The summed E-state index contributed by atoms with van der Waals surface area (Å²) < 4.78 is 0. The van der Waals surface area contributed by atoms with Gasteiger partial charge in [-0.3, -0.25) is 0 Å². The molecule has 0 atom stereocenters. The molecule has 0 bridgehead atoms. The molecular formula is C13H11N3. The van der Waals surface area contributed by atoms with Crippen LogP contribution in [0.3, 0.4) is 0 Å². The van der Waals surface area contributed by atoms with E-state index < -0.39 is 0 Å². The van der Waals surface area contributed by atoms with Gasteiger partial charge in [-0.05, 0) is 24.3 Å². The molecule has 1 aromatic carbocycles. The number of nitrogens with zero attached hydrogens (tertiary/aromatic N) is 1. The van der Waals surface area contributed by atoms with Crippen molar-refractivity contribution in [2.45, 2.75) is 0 Å². The van der Waals surface area contributed by atoms with Gasteiger partial charge in [0.15, 0.2) is 0 Å². The number of fused-ring (bicyclic) bond motifs is 1. The van der Waals surface area contributed by atoms with E-state index in [0.29, 0.717) is 0 Å². The van der Waals surface area contributed by atoms with Gasteiger partial charge < -0.3 is 10.3 Å². The van der Waals surface area contributed by atoms with Crippen molar-refractivity contribution in [2.75, 3.05) is 5.32 Å². The summed E-state index contributed by atoms with van der Waals surface area (Å²) >= 11 is 0. The summed E-state index contributed by atoms with van der Waals surface area (Å²) in [6.07, 6.45) is 3.72. The highest BCUT2D eigenvalue weighted by atomic mass is 14.9. The van der Waals surface area contributed by atoms with Crippen molar-refractivity contribution in [3.05, 3.63) is 54.9 Å². The number of para-hydroxylation sites is 1. The second-order valence-electron chi connectivity index (χ2n) is 3.59. The molecule has 3 nitrogen and oxygen atoms in total. The molecule has 0 spiro atoms. The predicted molar refractivity (Wildman–Crippen MR) is 65.8 cm³/mol. The first-order chi connectivity index (χ1) is 7.93. The Kier molecular flexibility index (Phi) is 2.07. The molecule has 3 rings (SSSR count). The van der Waals surface area contributed by atoms with Gasteiger partial charge >= 0.3 is 0 Å². The van der Waals surface area contributed by atoms with Crippen LogP contribution in [0.5, 0.6) is 0 Å². The van der Waals surface area contributed by atoms with Crippen molar-refractivity contribution < 1.29 is 0 Å². The van der Waals surface area contributed by atoms with Crippen LogP contribution in [0.15, 0.2) is 54.9 Å². The smallest absolute Gasteiger partial charge is 0.139 e. The Balaban J connectivity index is 2.01. The minimum Gasteiger partial charge on any atom is -0.354 e. The summed E-state index contributed by atoms with van der Waals surface area (Å²) in [5, 5.41) is 4.46. The molecule has 2 heterocycles. The Morgan fingerprint density at radius 3 is 2.75 bits per heavy atom. The average molecular weight is 209 g/mol. The summed E-state index contributed by atoms with van der Waals surface area (Å²) in [6.45, 7) is 0. The van der Waals surface area contributed by atoms with Gasteiger partial charge in [0.05, 0.1) is 5.69 Å². The van der Waals surface area contributed by atoms with Crippen LogP contribution >= 0.6 is 0 Å². The first-order valence-corrected chi connectivity index (χ1v) is 5.18. The zero-order chi connectivity index (χ0) is 10.8. The van der Waals surface area contributed by atoms with Crippen molar-refractivity contribution in [1.29, 1.82) is 0 Å². The van der Waals surface area contributed by atoms with Crippen molar-refractivity contribution in [2.24, 2.45) is 0 Å². The first kappa shape index (κ1) is 8.97. The van der Waals surface area contributed by atoms with E-state index in [1.54, 1.807) is 6.20 Å². The molecule has 2 N–H and O–H groups in total. The maximum absolute atomic E-state index is 4.25. The number of rotatable bonds is 2. The second kappa shape index (κ2) is 3.70. The van der Waals surface area contributed by atoms with Crippen molar-refractivity contribution in [3.63, 3.8) is 0 Å². The molecule has 3 heteroatoms. The molecule has 0 aliphatic heterocycles. The molecule has 0 aliphatic carbocycles. The third-order valence-corrected chi connectivity index (χ3v) is 2.50. The highest BCUT2D eigenvalue weighted by Gasteiger charge is 2.02. The average Bonchev–Trinajstić information content (AvgIpc) is 2.74. The van der Waals surface area contributed by atoms with E-state index in [2.05, 4.69) is 15.3 Å². The van der Waals surface area contributed by atoms with Crippen LogP contribution in [0, 0.1) is 0 Å². The van der Waals surface area contributed by atoms with Crippen molar-refractivity contribution >= 4 is 22.4 Å². The molecule has 0 radical (unpaired) electrons. The lowest BCUT2D eigenvalue weighted by molar-refractivity contribution is 1.33. The topological polar surface area (TPSA) is 40.7 Å². The first-order valence-electron chi connectivity index (χ1n) is 5.18. The third kappa shape index (κ3) is 1.52. The predicted octanol–water partition coefficient (Wildman–Crippen LogP) is 3.31. The minimum atomic E-state index is 0.904. The van der Waals surface area contributed by atoms with Crippen LogP contribution in [0.4, 0.5) is 11.4 Å². The molecule has 0 fully saturated rings. The van der Waals surface area contributed by atoms with Gasteiger partial charge in [-0.25, -0.2) is 4.98 Å². The third-order valence-electron chi connectivity index (χ3n) is 2.50. The van der Waals surface area contributed by atoms with Gasteiger partial charge in [-0.1, -0.05) is 18.2 Å². The molecule has 3 aromatic rings. The van der Waals surface area contributed by atoms with Gasteiger partial charge in [0.1, 0.15) is 5.65 Å². The lowest BCUT2D eigenvalue weighted by atomic mass is 10.2. The zero-order valence-electron chi connectivity index (χ0n) is 8.64. The lowest BCUT2D eigenvalue weighted by Crippen LogP contribution is -1.87. The summed E-state index contributed by atoms with van der Waals surface area (Å²) in [5.41, 5.74) is 3.03. The number of nitrogens with one attached hydrogen (secondary N) is 2. The number of hydrogen-bond donors (Lipinski definition) is 2. The fourth-order valence-corrected chi connectivity index (χ4v) is 1.74. The Morgan fingerprint density at radius 2 is 1.88 bits per heavy atom. The Labute approximate surface area is 93.1 Å². The van der Waals surface area contributed by atoms with Gasteiger partial charge in [-0.15, -0.1) is 0 Å². The number of aromatic nitrogens is 2. The number of hydrogen-bond acceptors (Lipinski definition) is 2. The van der Waals surface area contributed by atoms with E-state index in [9.17, 15) is 0 Å². The molecule has 2 aromatic heterocycles. The van der Waals surface area contributed by atoms with Crippen LogP contribution in [0.1, 0.15) is 0 Å². The Morgan fingerprint density at radius 1 is 1.00 bits per heavy atom. The van der Waals surface area contributed by atoms with Gasteiger partial charge in [0.2, 0.25) is 0 Å². The summed E-state index contributed by atoms with van der Waals surface area (Å²) in [7, 11) is 0. The quantitative estimate of drug-likeness (QED) is 0.679. The summed E-state index contributed by atoms with van der Waals surface area (Å²) in [6, 6.07) is 14.1. The Bertz CT molecular complexity index is 599.